The van der Waals surface area contributed by atoms with E-state index in [0.29, 0.717) is 18.7 Å². The Balaban J connectivity index is 1.88. The lowest BCUT2D eigenvalue weighted by Gasteiger charge is -2.06. The van der Waals surface area contributed by atoms with Crippen LogP contribution in [0.1, 0.15) is 15.9 Å². The minimum absolute atomic E-state index is 0.0693. The van der Waals surface area contributed by atoms with Crippen molar-refractivity contribution in [3.8, 4) is 0 Å². The highest BCUT2D eigenvalue weighted by Gasteiger charge is 2.09. The van der Waals surface area contributed by atoms with Crippen molar-refractivity contribution >= 4 is 11.6 Å². The van der Waals surface area contributed by atoms with Crippen LogP contribution in [-0.2, 0) is 6.42 Å². The zero-order valence-electron chi connectivity index (χ0n) is 10.4. The molecule has 0 aliphatic heterocycles. The lowest BCUT2D eigenvalue weighted by molar-refractivity contribution is 0.0950. The van der Waals surface area contributed by atoms with E-state index in [4.69, 9.17) is 5.73 Å². The van der Waals surface area contributed by atoms with E-state index in [9.17, 15) is 9.18 Å². The van der Waals surface area contributed by atoms with Crippen molar-refractivity contribution in [2.45, 2.75) is 6.42 Å². The van der Waals surface area contributed by atoms with Gasteiger partial charge in [-0.25, -0.2) is 4.39 Å². The van der Waals surface area contributed by atoms with Crippen LogP contribution in [0.15, 0.2) is 48.5 Å². The fourth-order valence-corrected chi connectivity index (χ4v) is 1.75. The number of nitrogens with one attached hydrogen (secondary N) is 1. The molecular weight excluding hydrogens is 243 g/mol. The first kappa shape index (κ1) is 13.1. The third-order valence-electron chi connectivity index (χ3n) is 2.80. The molecule has 0 saturated carbocycles. The van der Waals surface area contributed by atoms with Gasteiger partial charge < -0.3 is 11.1 Å². The molecule has 0 bridgehead atoms. The normalized spacial score (nSPS) is 10.2. The Morgan fingerprint density at radius 2 is 1.79 bits per heavy atom. The number of carbonyl (C=O) groups excluding carboxylic acids is 1. The summed E-state index contributed by atoms with van der Waals surface area (Å²) in [6, 6.07) is 13.4. The number of benzene rings is 2. The number of amides is 1. The van der Waals surface area contributed by atoms with Crippen molar-refractivity contribution in [3.63, 3.8) is 0 Å². The van der Waals surface area contributed by atoms with E-state index in [2.05, 4.69) is 5.32 Å². The lowest BCUT2D eigenvalue weighted by Crippen LogP contribution is -2.26. The molecule has 0 atom stereocenters. The van der Waals surface area contributed by atoms with Crippen LogP contribution in [0.3, 0.4) is 0 Å². The average Bonchev–Trinajstić information content (AvgIpc) is 2.41. The molecule has 0 aliphatic carbocycles. The van der Waals surface area contributed by atoms with Crippen molar-refractivity contribution in [2.24, 2.45) is 0 Å². The predicted octanol–water partition coefficient (Wildman–Crippen LogP) is 2.38. The molecular formula is C15H15FN2O. The Labute approximate surface area is 111 Å². The molecule has 2 rings (SSSR count). The van der Waals surface area contributed by atoms with Crippen LogP contribution >= 0.6 is 0 Å². The predicted molar refractivity (Wildman–Crippen MR) is 73.3 cm³/mol. The van der Waals surface area contributed by atoms with E-state index >= 15 is 0 Å². The van der Waals surface area contributed by atoms with Crippen LogP contribution in [0, 0.1) is 5.82 Å². The number of hydrogen-bond acceptors (Lipinski definition) is 2. The third-order valence-corrected chi connectivity index (χ3v) is 2.80. The van der Waals surface area contributed by atoms with Gasteiger partial charge in [-0.05, 0) is 36.2 Å². The first-order valence-electron chi connectivity index (χ1n) is 6.04. The van der Waals surface area contributed by atoms with Crippen molar-refractivity contribution < 1.29 is 9.18 Å². The van der Waals surface area contributed by atoms with Crippen molar-refractivity contribution in [1.82, 2.24) is 5.32 Å². The maximum absolute atomic E-state index is 13.4. The molecule has 0 unspecified atom stereocenters. The minimum atomic E-state index is -0.507. The Bertz CT molecular complexity index is 567. The van der Waals surface area contributed by atoms with Gasteiger partial charge >= 0.3 is 0 Å². The lowest BCUT2D eigenvalue weighted by atomic mass is 10.1. The van der Waals surface area contributed by atoms with Gasteiger partial charge in [0.05, 0.1) is 5.56 Å². The summed E-state index contributed by atoms with van der Waals surface area (Å²) in [6.45, 7) is 0.455. The summed E-state index contributed by atoms with van der Waals surface area (Å²) in [5, 5.41) is 2.69. The Kier molecular flexibility index (Phi) is 4.13. The number of hydrogen-bond donors (Lipinski definition) is 2. The smallest absolute Gasteiger partial charge is 0.254 e. The summed E-state index contributed by atoms with van der Waals surface area (Å²) in [4.78, 5) is 11.7. The molecule has 1 amide bonds. The Morgan fingerprint density at radius 3 is 2.47 bits per heavy atom. The highest BCUT2D eigenvalue weighted by Crippen LogP contribution is 2.07. The van der Waals surface area contributed by atoms with Crippen LogP contribution in [0.5, 0.6) is 0 Å². The number of carbonyl (C=O) groups is 1. The third kappa shape index (κ3) is 3.55. The fourth-order valence-electron chi connectivity index (χ4n) is 1.75. The molecule has 0 radical (unpaired) electrons. The Hall–Kier alpha value is -2.36. The van der Waals surface area contributed by atoms with Crippen LogP contribution in [0.25, 0.3) is 0 Å². The summed E-state index contributed by atoms with van der Waals surface area (Å²) in [5.74, 6) is -0.902. The van der Waals surface area contributed by atoms with E-state index in [1.165, 1.54) is 12.1 Å². The van der Waals surface area contributed by atoms with Crippen molar-refractivity contribution in [3.05, 3.63) is 65.5 Å². The largest absolute Gasteiger partial charge is 0.399 e. The SMILES string of the molecule is Nc1ccc(CCNC(=O)c2ccccc2F)cc1. The molecule has 2 aromatic carbocycles. The summed E-state index contributed by atoms with van der Waals surface area (Å²) in [7, 11) is 0. The summed E-state index contributed by atoms with van der Waals surface area (Å²) < 4.78 is 13.4. The quantitative estimate of drug-likeness (QED) is 0.827. The first-order chi connectivity index (χ1) is 9.16. The van der Waals surface area contributed by atoms with Crippen molar-refractivity contribution in [1.29, 1.82) is 0 Å². The molecule has 0 aromatic heterocycles. The molecule has 0 heterocycles. The summed E-state index contributed by atoms with van der Waals surface area (Å²) >= 11 is 0. The number of nitrogen functional groups attached to an aromatic ring is 1. The molecule has 4 heteroatoms. The second-order valence-corrected chi connectivity index (χ2v) is 4.23. The summed E-state index contributed by atoms with van der Waals surface area (Å²) in [6.07, 6.45) is 0.681. The number of halogens is 1. The fraction of sp³-hybridized carbons (Fsp3) is 0.133. The average molecular weight is 258 g/mol. The van der Waals surface area contributed by atoms with Gasteiger partial charge in [0.2, 0.25) is 0 Å². The highest BCUT2D eigenvalue weighted by atomic mass is 19.1. The second kappa shape index (κ2) is 6.00. The first-order valence-corrected chi connectivity index (χ1v) is 6.04. The zero-order chi connectivity index (χ0) is 13.7. The number of rotatable bonds is 4. The molecule has 2 aromatic rings. The second-order valence-electron chi connectivity index (χ2n) is 4.23. The summed E-state index contributed by atoms with van der Waals surface area (Å²) in [5.41, 5.74) is 7.43. The van der Waals surface area contributed by atoms with E-state index in [1.54, 1.807) is 12.1 Å². The van der Waals surface area contributed by atoms with E-state index in [-0.39, 0.29) is 5.56 Å². The molecule has 3 nitrogen and oxygen atoms in total. The maximum Gasteiger partial charge on any atom is 0.254 e. The Morgan fingerprint density at radius 1 is 1.11 bits per heavy atom. The van der Waals surface area contributed by atoms with E-state index in [1.807, 2.05) is 24.3 Å². The van der Waals surface area contributed by atoms with Gasteiger partial charge in [-0.1, -0.05) is 24.3 Å². The van der Waals surface area contributed by atoms with Crippen LogP contribution in [0.2, 0.25) is 0 Å². The maximum atomic E-state index is 13.4. The standard InChI is InChI=1S/C15H15FN2O/c16-14-4-2-1-3-13(14)15(19)18-10-9-11-5-7-12(17)8-6-11/h1-8H,9-10,17H2,(H,18,19). The molecule has 0 fully saturated rings. The van der Waals surface area contributed by atoms with Gasteiger partial charge in [-0.3, -0.25) is 4.79 Å². The van der Waals surface area contributed by atoms with Crippen molar-refractivity contribution in [2.75, 3.05) is 12.3 Å². The van der Waals surface area contributed by atoms with E-state index < -0.39 is 11.7 Å². The molecule has 98 valence electrons. The zero-order valence-corrected chi connectivity index (χ0v) is 10.4. The van der Waals surface area contributed by atoms with Gasteiger partial charge in [0.25, 0.3) is 5.91 Å². The highest BCUT2D eigenvalue weighted by molar-refractivity contribution is 5.94. The van der Waals surface area contributed by atoms with Gasteiger partial charge in [-0.15, -0.1) is 0 Å². The van der Waals surface area contributed by atoms with Gasteiger partial charge in [0.15, 0.2) is 0 Å². The van der Waals surface area contributed by atoms with Crippen LogP contribution < -0.4 is 11.1 Å². The molecule has 0 spiro atoms. The molecule has 3 N–H and O–H groups in total. The van der Waals surface area contributed by atoms with E-state index in [0.717, 1.165) is 5.56 Å². The topological polar surface area (TPSA) is 55.1 Å². The monoisotopic (exact) mass is 258 g/mol. The van der Waals surface area contributed by atoms with Crippen LogP contribution in [-0.4, -0.2) is 12.5 Å². The number of nitrogens with two attached hydrogens (primary N) is 1. The molecule has 19 heavy (non-hydrogen) atoms. The minimum Gasteiger partial charge on any atom is -0.399 e. The van der Waals surface area contributed by atoms with Gasteiger partial charge in [0.1, 0.15) is 5.82 Å². The van der Waals surface area contributed by atoms with Gasteiger partial charge in [-0.2, -0.15) is 0 Å². The molecule has 0 saturated heterocycles. The molecule has 0 aliphatic rings. The van der Waals surface area contributed by atoms with Crippen LogP contribution in [0.4, 0.5) is 10.1 Å². The number of anilines is 1. The van der Waals surface area contributed by atoms with Gasteiger partial charge in [0, 0.05) is 12.2 Å².